The van der Waals surface area contributed by atoms with Gasteiger partial charge in [0.05, 0.1) is 6.42 Å². The molecule has 8 heteroatoms. The quantitative estimate of drug-likeness (QED) is 0.818. The lowest BCUT2D eigenvalue weighted by Gasteiger charge is -2.22. The lowest BCUT2D eigenvalue weighted by atomic mass is 10.1. The Kier molecular flexibility index (Phi) is 4.95. The van der Waals surface area contributed by atoms with Crippen LogP contribution in [0, 0.1) is 0 Å². The third-order valence-electron chi connectivity index (χ3n) is 2.84. The summed E-state index contributed by atoms with van der Waals surface area (Å²) in [6, 6.07) is 5.08. The molecular formula is C13H14F3NO4. The van der Waals surface area contributed by atoms with Crippen LogP contribution >= 0.6 is 0 Å². The fraction of sp³-hybridized carbons (Fsp3) is 0.385. The number of amides is 1. The lowest BCUT2D eigenvalue weighted by Crippen LogP contribution is -2.48. The molecule has 2 N–H and O–H groups in total. The Hall–Kier alpha value is -2.09. The monoisotopic (exact) mass is 305 g/mol. The normalized spacial score (nSPS) is 14.3. The zero-order valence-electron chi connectivity index (χ0n) is 11.3. The average Bonchev–Trinajstić information content (AvgIpc) is 2.35. The molecular weight excluding hydrogens is 291 g/mol. The number of benzene rings is 1. The number of carbonyl (C=O) groups excluding carboxylic acids is 1. The largest absolute Gasteiger partial charge is 0.479 e. The van der Waals surface area contributed by atoms with Crippen molar-refractivity contribution in [1.29, 1.82) is 0 Å². The summed E-state index contributed by atoms with van der Waals surface area (Å²) in [7, 11) is 1.05. The zero-order valence-corrected chi connectivity index (χ0v) is 11.3. The van der Waals surface area contributed by atoms with Gasteiger partial charge in [-0.1, -0.05) is 12.1 Å². The van der Waals surface area contributed by atoms with Gasteiger partial charge in [0, 0.05) is 12.8 Å². The molecule has 0 aliphatic carbocycles. The van der Waals surface area contributed by atoms with Crippen LogP contribution in [-0.2, 0) is 20.7 Å². The number of halogens is 3. The van der Waals surface area contributed by atoms with E-state index in [1.807, 2.05) is 0 Å². The summed E-state index contributed by atoms with van der Waals surface area (Å²) in [5, 5.41) is 11.2. The number of ether oxygens (including phenoxy) is 1. The van der Waals surface area contributed by atoms with Gasteiger partial charge in [-0.05, 0) is 24.6 Å². The van der Waals surface area contributed by atoms with E-state index >= 15 is 0 Å². The van der Waals surface area contributed by atoms with Crippen LogP contribution in [0.1, 0.15) is 12.5 Å². The van der Waals surface area contributed by atoms with Crippen molar-refractivity contribution in [2.24, 2.45) is 0 Å². The zero-order chi connectivity index (χ0) is 16.3. The second kappa shape index (κ2) is 6.13. The number of methoxy groups -OCH3 is 1. The van der Waals surface area contributed by atoms with Crippen LogP contribution in [0.3, 0.4) is 0 Å². The molecule has 0 fully saturated rings. The maximum absolute atomic E-state index is 12.3. The van der Waals surface area contributed by atoms with Gasteiger partial charge in [0.15, 0.2) is 0 Å². The lowest BCUT2D eigenvalue weighted by molar-refractivity contribution is -0.165. The van der Waals surface area contributed by atoms with Gasteiger partial charge >= 0.3 is 12.1 Å². The minimum atomic E-state index is -4.37. The number of carboxylic acid groups (broad SMARTS) is 1. The standard InChI is InChI=1S/C13H14F3NO4/c1-12(21-2,11(19)20)10(18)17-9-5-3-4-8(6-9)7-13(14,15)16/h3-6H,7H2,1-2H3,(H,17,18)(H,19,20). The maximum atomic E-state index is 12.3. The summed E-state index contributed by atoms with van der Waals surface area (Å²) in [6.07, 6.45) is -5.51. The first kappa shape index (κ1) is 17.0. The summed E-state index contributed by atoms with van der Waals surface area (Å²) in [5.74, 6) is -2.49. The van der Waals surface area contributed by atoms with Gasteiger partial charge in [-0.25, -0.2) is 4.79 Å². The van der Waals surface area contributed by atoms with Crippen LogP contribution in [0.2, 0.25) is 0 Å². The van der Waals surface area contributed by atoms with Gasteiger partial charge in [0.1, 0.15) is 0 Å². The Balaban J connectivity index is 2.91. The van der Waals surface area contributed by atoms with Gasteiger partial charge in [0.2, 0.25) is 5.60 Å². The second-order valence-corrected chi connectivity index (χ2v) is 4.49. The number of carboxylic acids is 1. The topological polar surface area (TPSA) is 75.6 Å². The molecule has 116 valence electrons. The first-order chi connectivity index (χ1) is 9.58. The molecule has 0 aliphatic rings. The highest BCUT2D eigenvalue weighted by atomic mass is 19.4. The van der Waals surface area contributed by atoms with Crippen LogP contribution < -0.4 is 5.32 Å². The number of rotatable bonds is 5. The van der Waals surface area contributed by atoms with E-state index < -0.39 is 30.1 Å². The molecule has 0 aromatic heterocycles. The van der Waals surface area contributed by atoms with E-state index in [2.05, 4.69) is 10.1 Å². The predicted molar refractivity (Wildman–Crippen MR) is 67.9 cm³/mol. The van der Waals surface area contributed by atoms with Crippen molar-refractivity contribution < 1.29 is 32.6 Å². The first-order valence-electron chi connectivity index (χ1n) is 5.84. The fourth-order valence-electron chi connectivity index (χ4n) is 1.52. The molecule has 1 unspecified atom stereocenters. The summed E-state index contributed by atoms with van der Waals surface area (Å²) in [4.78, 5) is 22.9. The van der Waals surface area contributed by atoms with E-state index in [-0.39, 0.29) is 11.3 Å². The second-order valence-electron chi connectivity index (χ2n) is 4.49. The molecule has 5 nitrogen and oxygen atoms in total. The average molecular weight is 305 g/mol. The molecule has 0 saturated heterocycles. The van der Waals surface area contributed by atoms with Gasteiger partial charge in [-0.2, -0.15) is 13.2 Å². The Morgan fingerprint density at radius 3 is 2.43 bits per heavy atom. The van der Waals surface area contributed by atoms with E-state index in [0.29, 0.717) is 0 Å². The number of anilines is 1. The molecule has 0 heterocycles. The molecule has 0 saturated carbocycles. The minimum absolute atomic E-state index is 0.0465. The van der Waals surface area contributed by atoms with E-state index in [4.69, 9.17) is 5.11 Å². The molecule has 1 aromatic rings. The van der Waals surface area contributed by atoms with Gasteiger partial charge in [-0.3, -0.25) is 4.79 Å². The van der Waals surface area contributed by atoms with Gasteiger partial charge in [0.25, 0.3) is 5.91 Å². The Morgan fingerprint density at radius 1 is 1.33 bits per heavy atom. The minimum Gasteiger partial charge on any atom is -0.479 e. The summed E-state index contributed by atoms with van der Waals surface area (Å²) in [6.45, 7) is 1.05. The number of nitrogens with one attached hydrogen (secondary N) is 1. The Labute approximate surface area is 118 Å². The summed E-state index contributed by atoms with van der Waals surface area (Å²) in [5.41, 5.74) is -2.11. The number of carbonyl (C=O) groups is 2. The fourth-order valence-corrected chi connectivity index (χ4v) is 1.52. The van der Waals surface area contributed by atoms with Crippen molar-refractivity contribution in [2.75, 3.05) is 12.4 Å². The van der Waals surface area contributed by atoms with Crippen molar-refractivity contribution in [2.45, 2.75) is 25.1 Å². The van der Waals surface area contributed by atoms with Gasteiger partial charge in [-0.15, -0.1) is 0 Å². The number of hydrogen-bond donors (Lipinski definition) is 2. The highest BCUT2D eigenvalue weighted by molar-refractivity contribution is 6.11. The molecule has 21 heavy (non-hydrogen) atoms. The van der Waals surface area contributed by atoms with Crippen LogP contribution in [0.15, 0.2) is 24.3 Å². The third kappa shape index (κ3) is 4.45. The van der Waals surface area contributed by atoms with Crippen LogP contribution in [0.25, 0.3) is 0 Å². The number of aliphatic carboxylic acids is 1. The molecule has 1 atom stereocenters. The summed E-state index contributed by atoms with van der Waals surface area (Å²) < 4.78 is 41.6. The Morgan fingerprint density at radius 2 is 1.95 bits per heavy atom. The molecule has 1 rings (SSSR count). The summed E-state index contributed by atoms with van der Waals surface area (Å²) >= 11 is 0. The van der Waals surface area contributed by atoms with Crippen molar-refractivity contribution >= 4 is 17.6 Å². The van der Waals surface area contributed by atoms with Crippen molar-refractivity contribution in [1.82, 2.24) is 0 Å². The van der Waals surface area contributed by atoms with Crippen LogP contribution in [0.5, 0.6) is 0 Å². The highest BCUT2D eigenvalue weighted by Crippen LogP contribution is 2.23. The van der Waals surface area contributed by atoms with E-state index in [1.54, 1.807) is 0 Å². The molecule has 0 spiro atoms. The SMILES string of the molecule is COC(C)(C(=O)O)C(=O)Nc1cccc(CC(F)(F)F)c1. The maximum Gasteiger partial charge on any atom is 0.393 e. The molecule has 1 aromatic carbocycles. The predicted octanol–water partition coefficient (Wildman–Crippen LogP) is 2.22. The first-order valence-corrected chi connectivity index (χ1v) is 5.84. The smallest absolute Gasteiger partial charge is 0.393 e. The number of alkyl halides is 3. The van der Waals surface area contributed by atoms with E-state index in [9.17, 15) is 22.8 Å². The molecule has 0 radical (unpaired) electrons. The van der Waals surface area contributed by atoms with Crippen molar-refractivity contribution in [3.8, 4) is 0 Å². The van der Waals surface area contributed by atoms with E-state index in [1.165, 1.54) is 18.2 Å². The van der Waals surface area contributed by atoms with Gasteiger partial charge < -0.3 is 15.2 Å². The molecule has 0 bridgehead atoms. The van der Waals surface area contributed by atoms with Crippen LogP contribution in [-0.4, -0.2) is 35.9 Å². The Bertz CT molecular complexity index is 544. The highest BCUT2D eigenvalue weighted by Gasteiger charge is 2.41. The third-order valence-corrected chi connectivity index (χ3v) is 2.84. The van der Waals surface area contributed by atoms with E-state index in [0.717, 1.165) is 20.1 Å². The molecule has 0 aliphatic heterocycles. The van der Waals surface area contributed by atoms with Crippen LogP contribution in [0.4, 0.5) is 18.9 Å². The van der Waals surface area contributed by atoms with Crippen molar-refractivity contribution in [3.63, 3.8) is 0 Å². The molecule has 1 amide bonds. The van der Waals surface area contributed by atoms with Crippen molar-refractivity contribution in [3.05, 3.63) is 29.8 Å². The number of hydrogen-bond acceptors (Lipinski definition) is 3.